The fourth-order valence-electron chi connectivity index (χ4n) is 3.01. The Morgan fingerprint density at radius 2 is 2.00 bits per heavy atom. The second-order valence-corrected chi connectivity index (χ2v) is 6.14. The lowest BCUT2D eigenvalue weighted by molar-refractivity contribution is 0.0332. The molecule has 1 aliphatic heterocycles. The van der Waals surface area contributed by atoms with E-state index in [1.54, 1.807) is 18.3 Å². The molecular formula is C20H25N3O3. The minimum absolute atomic E-state index is 0.114. The van der Waals surface area contributed by atoms with Crippen molar-refractivity contribution < 1.29 is 14.3 Å². The number of nitrogens with zero attached hydrogens (tertiary/aromatic N) is 2. The van der Waals surface area contributed by atoms with E-state index in [1.165, 1.54) is 0 Å². The number of nitrogens with one attached hydrogen (secondary N) is 1. The Labute approximate surface area is 154 Å². The summed E-state index contributed by atoms with van der Waals surface area (Å²) < 4.78 is 10.9. The molecule has 1 aromatic carbocycles. The molecule has 2 heterocycles. The van der Waals surface area contributed by atoms with E-state index in [9.17, 15) is 4.79 Å². The molecule has 1 N–H and O–H groups in total. The van der Waals surface area contributed by atoms with E-state index in [1.807, 2.05) is 37.3 Å². The zero-order chi connectivity index (χ0) is 18.2. The van der Waals surface area contributed by atoms with Crippen molar-refractivity contribution in [3.05, 3.63) is 59.8 Å². The van der Waals surface area contributed by atoms with Gasteiger partial charge in [0.2, 0.25) is 5.88 Å². The number of aromatic nitrogens is 1. The molecule has 0 saturated carbocycles. The Morgan fingerprint density at radius 1 is 1.23 bits per heavy atom. The first kappa shape index (κ1) is 18.4. The molecular weight excluding hydrogens is 330 g/mol. The summed E-state index contributed by atoms with van der Waals surface area (Å²) in [4.78, 5) is 19.4. The third kappa shape index (κ3) is 4.80. The summed E-state index contributed by atoms with van der Waals surface area (Å²) >= 11 is 0. The number of pyridine rings is 1. The van der Waals surface area contributed by atoms with E-state index < -0.39 is 0 Å². The normalized spacial score (nSPS) is 16.0. The highest BCUT2D eigenvalue weighted by molar-refractivity contribution is 5.96. The molecule has 3 rings (SSSR count). The van der Waals surface area contributed by atoms with Gasteiger partial charge in [-0.2, -0.15) is 0 Å². The van der Waals surface area contributed by atoms with Gasteiger partial charge < -0.3 is 14.8 Å². The first-order valence-electron chi connectivity index (χ1n) is 9.01. The summed E-state index contributed by atoms with van der Waals surface area (Å²) in [6.07, 6.45) is 1.63. The van der Waals surface area contributed by atoms with Crippen LogP contribution in [0.2, 0.25) is 0 Å². The molecule has 1 saturated heterocycles. The van der Waals surface area contributed by atoms with Crippen molar-refractivity contribution in [2.45, 2.75) is 13.0 Å². The van der Waals surface area contributed by atoms with Crippen LogP contribution >= 0.6 is 0 Å². The van der Waals surface area contributed by atoms with Crippen molar-refractivity contribution in [2.75, 3.05) is 39.5 Å². The molecule has 1 fully saturated rings. The molecule has 6 nitrogen and oxygen atoms in total. The van der Waals surface area contributed by atoms with Crippen LogP contribution in [0.4, 0.5) is 0 Å². The van der Waals surface area contributed by atoms with E-state index in [0.717, 1.165) is 38.4 Å². The Hall–Kier alpha value is -2.44. The van der Waals surface area contributed by atoms with Crippen LogP contribution in [0, 0.1) is 0 Å². The molecule has 1 aromatic heterocycles. The number of carbonyl (C=O) groups is 1. The number of ether oxygens (including phenoxy) is 2. The van der Waals surface area contributed by atoms with Crippen LogP contribution < -0.4 is 10.1 Å². The topological polar surface area (TPSA) is 63.7 Å². The predicted octanol–water partition coefficient (Wildman–Crippen LogP) is 2.28. The molecule has 26 heavy (non-hydrogen) atoms. The summed E-state index contributed by atoms with van der Waals surface area (Å²) in [5, 5.41) is 3.15. The summed E-state index contributed by atoms with van der Waals surface area (Å²) in [6, 6.07) is 13.4. The Balaban J connectivity index is 1.77. The van der Waals surface area contributed by atoms with Crippen LogP contribution in [0.3, 0.4) is 0 Å². The molecule has 0 bridgehead atoms. The SMILES string of the molecule is CCOc1ncccc1C(=O)NC(CN1CCOCC1)c1ccccc1. The molecule has 1 aliphatic rings. The Bertz CT molecular complexity index is 702. The van der Waals surface area contributed by atoms with Crippen LogP contribution in [0.5, 0.6) is 5.88 Å². The average Bonchev–Trinajstić information content (AvgIpc) is 2.69. The molecule has 0 spiro atoms. The van der Waals surface area contributed by atoms with Crippen molar-refractivity contribution >= 4 is 5.91 Å². The van der Waals surface area contributed by atoms with Gasteiger partial charge in [-0.05, 0) is 24.6 Å². The Kier molecular flexibility index (Phi) is 6.57. The molecule has 0 aliphatic carbocycles. The minimum atomic E-state index is -0.177. The highest BCUT2D eigenvalue weighted by Crippen LogP contribution is 2.19. The maximum absolute atomic E-state index is 12.9. The summed E-state index contributed by atoms with van der Waals surface area (Å²) in [7, 11) is 0. The summed E-state index contributed by atoms with van der Waals surface area (Å²) in [6.45, 7) is 6.28. The number of hydrogen-bond acceptors (Lipinski definition) is 5. The predicted molar refractivity (Wildman–Crippen MR) is 99.3 cm³/mol. The van der Waals surface area contributed by atoms with Crippen molar-refractivity contribution in [3.63, 3.8) is 0 Å². The van der Waals surface area contributed by atoms with E-state index in [-0.39, 0.29) is 11.9 Å². The average molecular weight is 355 g/mol. The molecule has 1 amide bonds. The monoisotopic (exact) mass is 355 g/mol. The van der Waals surface area contributed by atoms with Gasteiger partial charge in [0.1, 0.15) is 5.56 Å². The molecule has 1 atom stereocenters. The van der Waals surface area contributed by atoms with E-state index in [4.69, 9.17) is 9.47 Å². The van der Waals surface area contributed by atoms with Crippen molar-refractivity contribution in [2.24, 2.45) is 0 Å². The van der Waals surface area contributed by atoms with Crippen molar-refractivity contribution in [3.8, 4) is 5.88 Å². The van der Waals surface area contributed by atoms with Crippen LogP contribution in [0.1, 0.15) is 28.9 Å². The van der Waals surface area contributed by atoms with Gasteiger partial charge in [-0.3, -0.25) is 9.69 Å². The van der Waals surface area contributed by atoms with Gasteiger partial charge in [0.05, 0.1) is 25.9 Å². The standard InChI is InChI=1S/C20H25N3O3/c1-2-26-20-17(9-6-10-21-20)19(24)22-18(16-7-4-3-5-8-16)15-23-11-13-25-14-12-23/h3-10,18H,2,11-15H2,1H3,(H,22,24). The number of carbonyl (C=O) groups excluding carboxylic acids is 1. The minimum Gasteiger partial charge on any atom is -0.477 e. The number of benzene rings is 1. The lowest BCUT2D eigenvalue weighted by atomic mass is 10.1. The Morgan fingerprint density at radius 3 is 2.73 bits per heavy atom. The molecule has 0 radical (unpaired) electrons. The fraction of sp³-hybridized carbons (Fsp3) is 0.400. The number of amides is 1. The lowest BCUT2D eigenvalue weighted by Crippen LogP contribution is -2.43. The molecule has 138 valence electrons. The third-order valence-electron chi connectivity index (χ3n) is 4.35. The largest absolute Gasteiger partial charge is 0.477 e. The summed E-state index contributed by atoms with van der Waals surface area (Å²) in [5.41, 5.74) is 1.53. The van der Waals surface area contributed by atoms with Gasteiger partial charge >= 0.3 is 0 Å². The van der Waals surface area contributed by atoms with Crippen molar-refractivity contribution in [1.29, 1.82) is 0 Å². The lowest BCUT2D eigenvalue weighted by Gasteiger charge is -2.31. The maximum Gasteiger partial charge on any atom is 0.257 e. The van der Waals surface area contributed by atoms with Gasteiger partial charge in [-0.25, -0.2) is 4.98 Å². The highest BCUT2D eigenvalue weighted by Gasteiger charge is 2.22. The fourth-order valence-corrected chi connectivity index (χ4v) is 3.01. The second kappa shape index (κ2) is 9.31. The smallest absolute Gasteiger partial charge is 0.257 e. The zero-order valence-electron chi connectivity index (χ0n) is 15.1. The van der Waals surface area contributed by atoms with Crippen molar-refractivity contribution in [1.82, 2.24) is 15.2 Å². The number of hydrogen-bond donors (Lipinski definition) is 1. The van der Waals surface area contributed by atoms with Gasteiger partial charge in [0.25, 0.3) is 5.91 Å². The van der Waals surface area contributed by atoms with E-state index in [0.29, 0.717) is 18.1 Å². The van der Waals surface area contributed by atoms with E-state index >= 15 is 0 Å². The molecule has 2 aromatic rings. The molecule has 6 heteroatoms. The summed E-state index contributed by atoms with van der Waals surface area (Å²) in [5.74, 6) is 0.189. The van der Waals surface area contributed by atoms with Crippen LogP contribution in [0.15, 0.2) is 48.7 Å². The van der Waals surface area contributed by atoms with Gasteiger partial charge in [-0.1, -0.05) is 30.3 Å². The quantitative estimate of drug-likeness (QED) is 0.826. The molecule has 1 unspecified atom stereocenters. The third-order valence-corrected chi connectivity index (χ3v) is 4.35. The van der Waals surface area contributed by atoms with Crippen LogP contribution in [-0.4, -0.2) is 55.2 Å². The first-order valence-corrected chi connectivity index (χ1v) is 9.01. The second-order valence-electron chi connectivity index (χ2n) is 6.14. The maximum atomic E-state index is 12.9. The number of rotatable bonds is 7. The zero-order valence-corrected chi connectivity index (χ0v) is 15.1. The highest BCUT2D eigenvalue weighted by atomic mass is 16.5. The van der Waals surface area contributed by atoms with Crippen LogP contribution in [-0.2, 0) is 4.74 Å². The van der Waals surface area contributed by atoms with E-state index in [2.05, 4.69) is 15.2 Å². The number of morpholine rings is 1. The van der Waals surface area contributed by atoms with Gasteiger partial charge in [-0.15, -0.1) is 0 Å². The van der Waals surface area contributed by atoms with Gasteiger partial charge in [0.15, 0.2) is 0 Å². The van der Waals surface area contributed by atoms with Crippen LogP contribution in [0.25, 0.3) is 0 Å². The van der Waals surface area contributed by atoms with Gasteiger partial charge in [0, 0.05) is 25.8 Å². The first-order chi connectivity index (χ1) is 12.8.